The number of benzene rings is 2. The van der Waals surface area contributed by atoms with E-state index >= 15 is 0 Å². The Morgan fingerprint density at radius 2 is 1.65 bits per heavy atom. The van der Waals surface area contributed by atoms with Crippen LogP contribution >= 0.6 is 0 Å². The van der Waals surface area contributed by atoms with Gasteiger partial charge in [-0.2, -0.15) is 8.42 Å². The summed E-state index contributed by atoms with van der Waals surface area (Å²) in [5.41, 5.74) is 3.52. The highest BCUT2D eigenvalue weighted by Crippen LogP contribution is 2.32. The first-order valence-corrected chi connectivity index (χ1v) is 12.2. The summed E-state index contributed by atoms with van der Waals surface area (Å²) in [7, 11) is -3.92. The molecule has 0 aliphatic carbocycles. The maximum Gasteiger partial charge on any atom is 0.308 e. The van der Waals surface area contributed by atoms with Gasteiger partial charge in [-0.3, -0.25) is 9.35 Å². The minimum atomic E-state index is -3.92. The molecule has 0 aliphatic heterocycles. The molecule has 0 aromatic heterocycles. The Balaban J connectivity index is 1.88. The van der Waals surface area contributed by atoms with Crippen LogP contribution in [0.25, 0.3) is 0 Å². The Morgan fingerprint density at radius 1 is 1.03 bits per heavy atom. The van der Waals surface area contributed by atoms with Crippen LogP contribution in [0, 0.1) is 0 Å². The number of carbonyl (C=O) groups is 1. The molecule has 0 bridgehead atoms. The third kappa shape index (κ3) is 9.21. The lowest BCUT2D eigenvalue weighted by Gasteiger charge is -2.21. The number of hydrogen-bond donors (Lipinski definition) is 1. The van der Waals surface area contributed by atoms with E-state index in [2.05, 4.69) is 26.0 Å². The van der Waals surface area contributed by atoms with Gasteiger partial charge in [0.1, 0.15) is 5.75 Å². The first-order valence-electron chi connectivity index (χ1n) is 10.6. The van der Waals surface area contributed by atoms with Crippen molar-refractivity contribution in [2.24, 2.45) is 0 Å². The van der Waals surface area contributed by atoms with Gasteiger partial charge in [-0.15, -0.1) is 0 Å². The second-order valence-corrected chi connectivity index (χ2v) is 9.41. The van der Waals surface area contributed by atoms with Crippen molar-refractivity contribution in [2.45, 2.75) is 58.5 Å². The zero-order valence-electron chi connectivity index (χ0n) is 18.4. The normalized spacial score (nSPS) is 13.5. The van der Waals surface area contributed by atoms with Gasteiger partial charge >= 0.3 is 5.97 Å². The lowest BCUT2D eigenvalue weighted by atomic mass is 9.84. The standard InChI is InChI=1S/C24H32O6S/c1-4-21(16-18(2)22-10-12-24(13-11-22)30-19(3)25)23-8-6-20(7-9-23)17-29-14-5-15-31(26,27)28/h6-13,18,21H,4-5,14-17H2,1-3H3,(H,26,27,28). The van der Waals surface area contributed by atoms with Crippen LogP contribution in [0.15, 0.2) is 48.5 Å². The van der Waals surface area contributed by atoms with Crippen LogP contribution in [0.1, 0.15) is 68.6 Å². The molecule has 6 nitrogen and oxygen atoms in total. The molecule has 0 fully saturated rings. The van der Waals surface area contributed by atoms with Crippen molar-refractivity contribution in [2.75, 3.05) is 12.4 Å². The largest absolute Gasteiger partial charge is 0.427 e. The Morgan fingerprint density at radius 3 is 2.19 bits per heavy atom. The highest BCUT2D eigenvalue weighted by molar-refractivity contribution is 7.85. The molecule has 2 atom stereocenters. The predicted octanol–water partition coefficient (Wildman–Crippen LogP) is 5.09. The maximum absolute atomic E-state index is 11.1. The van der Waals surface area contributed by atoms with Gasteiger partial charge in [-0.05, 0) is 59.9 Å². The van der Waals surface area contributed by atoms with Crippen LogP contribution in [0.4, 0.5) is 0 Å². The van der Waals surface area contributed by atoms with Gasteiger partial charge in [0.2, 0.25) is 0 Å². The predicted molar refractivity (Wildman–Crippen MR) is 121 cm³/mol. The van der Waals surface area contributed by atoms with Crippen molar-refractivity contribution in [3.63, 3.8) is 0 Å². The van der Waals surface area contributed by atoms with Gasteiger partial charge in [0, 0.05) is 13.5 Å². The molecule has 7 heteroatoms. The number of ether oxygens (including phenoxy) is 2. The van der Waals surface area contributed by atoms with Gasteiger partial charge < -0.3 is 9.47 Å². The summed E-state index contributed by atoms with van der Waals surface area (Å²) < 4.78 is 40.7. The summed E-state index contributed by atoms with van der Waals surface area (Å²) >= 11 is 0. The Labute approximate surface area is 185 Å². The van der Waals surface area contributed by atoms with Gasteiger partial charge in [0.05, 0.1) is 12.4 Å². The van der Waals surface area contributed by atoms with E-state index in [4.69, 9.17) is 14.0 Å². The SMILES string of the molecule is CCC(CC(C)c1ccc(OC(C)=O)cc1)c1ccc(COCCCS(=O)(=O)O)cc1. The maximum atomic E-state index is 11.1. The van der Waals surface area contributed by atoms with Crippen molar-refractivity contribution in [3.05, 3.63) is 65.2 Å². The summed E-state index contributed by atoms with van der Waals surface area (Å²) in [6.07, 6.45) is 2.31. The average molecular weight is 449 g/mol. The first kappa shape index (κ1) is 25.0. The fraction of sp³-hybridized carbons (Fsp3) is 0.458. The Kier molecular flexibility index (Phi) is 9.68. The van der Waals surface area contributed by atoms with Gasteiger partial charge in [-0.25, -0.2) is 0 Å². The summed E-state index contributed by atoms with van der Waals surface area (Å²) in [6, 6.07) is 16.0. The number of rotatable bonds is 12. The first-order chi connectivity index (χ1) is 14.7. The molecule has 170 valence electrons. The highest BCUT2D eigenvalue weighted by Gasteiger charge is 2.15. The number of esters is 1. The van der Waals surface area contributed by atoms with Gasteiger partial charge in [0.15, 0.2) is 0 Å². The quantitative estimate of drug-likeness (QED) is 0.210. The lowest BCUT2D eigenvalue weighted by molar-refractivity contribution is -0.131. The molecule has 2 rings (SSSR count). The van der Waals surface area contributed by atoms with E-state index in [1.807, 2.05) is 36.4 Å². The fourth-order valence-electron chi connectivity index (χ4n) is 3.55. The molecule has 0 radical (unpaired) electrons. The topological polar surface area (TPSA) is 89.9 Å². The van der Waals surface area contributed by atoms with Crippen molar-refractivity contribution in [1.29, 1.82) is 0 Å². The van der Waals surface area contributed by atoms with Crippen molar-refractivity contribution in [3.8, 4) is 5.75 Å². The third-order valence-corrected chi connectivity index (χ3v) is 6.06. The van der Waals surface area contributed by atoms with E-state index in [0.717, 1.165) is 18.4 Å². The Hall–Kier alpha value is -2.22. The molecular weight excluding hydrogens is 416 g/mol. The van der Waals surface area contributed by atoms with Gasteiger partial charge in [0.25, 0.3) is 10.1 Å². The lowest BCUT2D eigenvalue weighted by Crippen LogP contribution is -2.07. The van der Waals surface area contributed by atoms with Crippen LogP contribution < -0.4 is 4.74 Å². The Bertz CT molecular complexity index is 920. The van der Waals surface area contributed by atoms with E-state index < -0.39 is 10.1 Å². The number of carbonyl (C=O) groups excluding carboxylic acids is 1. The van der Waals surface area contributed by atoms with Gasteiger partial charge in [-0.1, -0.05) is 50.2 Å². The zero-order valence-corrected chi connectivity index (χ0v) is 19.2. The monoisotopic (exact) mass is 448 g/mol. The number of hydrogen-bond acceptors (Lipinski definition) is 5. The summed E-state index contributed by atoms with van der Waals surface area (Å²) in [4.78, 5) is 11.1. The second kappa shape index (κ2) is 12.0. The summed E-state index contributed by atoms with van der Waals surface area (Å²) in [6.45, 7) is 6.48. The molecule has 0 saturated heterocycles. The average Bonchev–Trinajstić information content (AvgIpc) is 2.71. The van der Waals surface area contributed by atoms with Crippen LogP contribution in [0.3, 0.4) is 0 Å². The molecule has 0 spiro atoms. The summed E-state index contributed by atoms with van der Waals surface area (Å²) in [5, 5.41) is 0. The van der Waals surface area contributed by atoms with Crippen LogP contribution in [-0.4, -0.2) is 31.3 Å². The molecular formula is C24H32O6S. The molecule has 0 amide bonds. The van der Waals surface area contributed by atoms with E-state index in [0.29, 0.717) is 24.2 Å². The van der Waals surface area contributed by atoms with Crippen LogP contribution in [-0.2, 0) is 26.3 Å². The molecule has 31 heavy (non-hydrogen) atoms. The van der Waals surface area contributed by atoms with E-state index in [1.165, 1.54) is 18.1 Å². The highest BCUT2D eigenvalue weighted by atomic mass is 32.2. The molecule has 2 aromatic carbocycles. The van der Waals surface area contributed by atoms with Crippen molar-refractivity contribution < 1.29 is 27.2 Å². The van der Waals surface area contributed by atoms with Crippen LogP contribution in [0.5, 0.6) is 5.75 Å². The third-order valence-electron chi connectivity index (χ3n) is 5.25. The second-order valence-electron chi connectivity index (χ2n) is 7.84. The fourth-order valence-corrected chi connectivity index (χ4v) is 4.03. The molecule has 0 aliphatic rings. The van der Waals surface area contributed by atoms with E-state index in [-0.39, 0.29) is 24.7 Å². The minimum absolute atomic E-state index is 0.272. The van der Waals surface area contributed by atoms with Crippen molar-refractivity contribution >= 4 is 16.1 Å². The molecule has 0 saturated carbocycles. The molecule has 1 N–H and O–H groups in total. The van der Waals surface area contributed by atoms with Crippen LogP contribution in [0.2, 0.25) is 0 Å². The van der Waals surface area contributed by atoms with E-state index in [9.17, 15) is 13.2 Å². The summed E-state index contributed by atoms with van der Waals surface area (Å²) in [5.74, 6) is 0.745. The molecule has 2 unspecified atom stereocenters. The molecule has 0 heterocycles. The minimum Gasteiger partial charge on any atom is -0.427 e. The zero-order chi connectivity index (χ0) is 22.9. The van der Waals surface area contributed by atoms with E-state index in [1.54, 1.807) is 0 Å². The molecule has 2 aromatic rings. The smallest absolute Gasteiger partial charge is 0.308 e. The van der Waals surface area contributed by atoms with Crippen molar-refractivity contribution in [1.82, 2.24) is 0 Å².